The summed E-state index contributed by atoms with van der Waals surface area (Å²) in [5, 5.41) is 13.1. The number of carboxylic acids is 1. The molecule has 20 heavy (non-hydrogen) atoms. The molecule has 0 heterocycles. The van der Waals surface area contributed by atoms with Crippen molar-refractivity contribution in [1.29, 1.82) is 0 Å². The predicted molar refractivity (Wildman–Crippen MR) is 64.9 cm³/mol. The van der Waals surface area contributed by atoms with E-state index in [1.807, 2.05) is 0 Å². The fourth-order valence-electron chi connectivity index (χ4n) is 1.43. The Balaban J connectivity index is 0.00000361. The SMILES string of the molecule is O=C(CCC[P+]([O-])(O)O)Nc1ccccc1C(=O)[O-].[Na+]. The normalized spacial score (nSPS) is 10.6. The summed E-state index contributed by atoms with van der Waals surface area (Å²) in [6.45, 7) is 0. The van der Waals surface area contributed by atoms with E-state index < -0.39 is 19.8 Å². The number of anilines is 1. The first-order chi connectivity index (χ1) is 8.79. The second-order valence-corrected chi connectivity index (χ2v) is 5.65. The van der Waals surface area contributed by atoms with E-state index in [0.717, 1.165) is 0 Å². The molecule has 3 N–H and O–H groups in total. The van der Waals surface area contributed by atoms with Crippen molar-refractivity contribution in [3.63, 3.8) is 0 Å². The van der Waals surface area contributed by atoms with Crippen LogP contribution in [0, 0.1) is 0 Å². The molecular weight excluding hydrogens is 296 g/mol. The molecule has 0 unspecified atom stereocenters. The summed E-state index contributed by atoms with van der Waals surface area (Å²) in [4.78, 5) is 50.1. The molecule has 0 radical (unpaired) electrons. The van der Waals surface area contributed by atoms with Crippen LogP contribution < -0.4 is 44.9 Å². The molecule has 0 atom stereocenters. The molecule has 0 aromatic heterocycles. The van der Waals surface area contributed by atoms with E-state index >= 15 is 0 Å². The number of hydrogen-bond acceptors (Lipinski definition) is 6. The molecule has 104 valence electrons. The third-order valence-electron chi connectivity index (χ3n) is 2.27. The second-order valence-electron chi connectivity index (χ2n) is 3.87. The quantitative estimate of drug-likeness (QED) is 0.361. The molecule has 1 rings (SSSR count). The first kappa shape index (κ1) is 19.5. The van der Waals surface area contributed by atoms with Crippen molar-refractivity contribution >= 4 is 25.5 Å². The van der Waals surface area contributed by atoms with Crippen LogP contribution in [0.15, 0.2) is 24.3 Å². The Morgan fingerprint density at radius 3 is 2.40 bits per heavy atom. The Hall–Kier alpha value is -0.530. The van der Waals surface area contributed by atoms with Gasteiger partial charge < -0.3 is 20.1 Å². The molecule has 7 nitrogen and oxygen atoms in total. The first-order valence-electron chi connectivity index (χ1n) is 5.44. The molecule has 0 aliphatic rings. The predicted octanol–water partition coefficient (Wildman–Crippen LogP) is -4.12. The summed E-state index contributed by atoms with van der Waals surface area (Å²) >= 11 is 0. The van der Waals surface area contributed by atoms with Gasteiger partial charge in [0.25, 0.3) is 0 Å². The Morgan fingerprint density at radius 1 is 1.25 bits per heavy atom. The van der Waals surface area contributed by atoms with Gasteiger partial charge in [0, 0.05) is 17.7 Å². The van der Waals surface area contributed by atoms with Crippen LogP contribution >= 0.6 is 7.94 Å². The molecule has 0 saturated heterocycles. The number of rotatable bonds is 6. The van der Waals surface area contributed by atoms with Gasteiger partial charge in [-0.2, -0.15) is 0 Å². The number of carboxylic acid groups (broad SMARTS) is 1. The van der Waals surface area contributed by atoms with Gasteiger partial charge in [0.05, 0.1) is 5.97 Å². The third-order valence-corrected chi connectivity index (χ3v) is 3.17. The number of carbonyl (C=O) groups is 2. The summed E-state index contributed by atoms with van der Waals surface area (Å²) in [5.74, 6) is -1.92. The molecular formula is C11H13NNaO6P. The fourth-order valence-corrected chi connectivity index (χ4v) is 2.00. The van der Waals surface area contributed by atoms with Crippen molar-refractivity contribution < 1.29 is 58.9 Å². The summed E-state index contributed by atoms with van der Waals surface area (Å²) in [7, 11) is -4.11. The third kappa shape index (κ3) is 7.31. The van der Waals surface area contributed by atoms with E-state index in [-0.39, 0.29) is 59.8 Å². The van der Waals surface area contributed by atoms with E-state index in [4.69, 9.17) is 9.79 Å². The minimum Gasteiger partial charge on any atom is -0.632 e. The van der Waals surface area contributed by atoms with Crippen molar-refractivity contribution in [1.82, 2.24) is 0 Å². The van der Waals surface area contributed by atoms with Crippen LogP contribution in [-0.2, 0) is 4.79 Å². The Morgan fingerprint density at radius 2 is 1.85 bits per heavy atom. The van der Waals surface area contributed by atoms with Crippen molar-refractivity contribution in [2.75, 3.05) is 11.5 Å². The fraction of sp³-hybridized carbons (Fsp3) is 0.273. The number of nitrogens with one attached hydrogen (secondary N) is 1. The second kappa shape index (κ2) is 8.69. The van der Waals surface area contributed by atoms with Gasteiger partial charge in [-0.25, -0.2) is 9.79 Å². The average molecular weight is 309 g/mol. The van der Waals surface area contributed by atoms with Crippen molar-refractivity contribution in [2.24, 2.45) is 0 Å². The van der Waals surface area contributed by atoms with Crippen LogP contribution in [0.1, 0.15) is 23.2 Å². The maximum absolute atomic E-state index is 11.5. The van der Waals surface area contributed by atoms with Crippen LogP contribution in [0.3, 0.4) is 0 Å². The van der Waals surface area contributed by atoms with Gasteiger partial charge >= 0.3 is 29.6 Å². The number of para-hydroxylation sites is 1. The molecule has 0 saturated carbocycles. The molecule has 0 bridgehead atoms. The monoisotopic (exact) mass is 309 g/mol. The summed E-state index contributed by atoms with van der Waals surface area (Å²) in [6, 6.07) is 5.75. The van der Waals surface area contributed by atoms with E-state index in [2.05, 4.69) is 5.32 Å². The van der Waals surface area contributed by atoms with Gasteiger partial charge in [0.2, 0.25) is 13.9 Å². The van der Waals surface area contributed by atoms with Gasteiger partial charge in [-0.1, -0.05) is 18.2 Å². The number of amides is 1. The minimum atomic E-state index is -4.11. The van der Waals surface area contributed by atoms with Crippen molar-refractivity contribution in [2.45, 2.75) is 12.8 Å². The number of benzene rings is 1. The largest absolute Gasteiger partial charge is 1.00 e. The maximum Gasteiger partial charge on any atom is 1.00 e. The topological polar surface area (TPSA) is 133 Å². The van der Waals surface area contributed by atoms with E-state index in [1.54, 1.807) is 6.07 Å². The molecule has 1 aromatic rings. The van der Waals surface area contributed by atoms with Gasteiger partial charge in [0.15, 0.2) is 0 Å². The number of aromatic carboxylic acids is 1. The van der Waals surface area contributed by atoms with Crippen LogP contribution in [-0.4, -0.2) is 27.8 Å². The number of hydrogen-bond donors (Lipinski definition) is 3. The summed E-state index contributed by atoms with van der Waals surface area (Å²) in [6.07, 6.45) is -0.474. The Labute approximate surface area is 138 Å². The van der Waals surface area contributed by atoms with Crippen LogP contribution in [0.25, 0.3) is 0 Å². The standard InChI is InChI=1S/C11H14NO6P.Na/c13-10(6-3-7-19(16,17)18)12-9-5-2-1-4-8(9)11(14)15;/h1-2,4-5H,3,6-7H2,(H,12,13)(H,14,15)(H2,16,17,18);/q;+1/p-1. The smallest absolute Gasteiger partial charge is 0.632 e. The zero-order valence-electron chi connectivity index (χ0n) is 10.9. The zero-order chi connectivity index (χ0) is 14.5. The minimum absolute atomic E-state index is 0. The molecule has 0 aliphatic carbocycles. The Bertz CT molecular complexity index is 476. The van der Waals surface area contributed by atoms with Gasteiger partial charge in [-0.3, -0.25) is 4.79 Å². The molecule has 9 heteroatoms. The summed E-state index contributed by atoms with van der Waals surface area (Å²) < 4.78 is 0. The number of carbonyl (C=O) groups excluding carboxylic acids is 2. The zero-order valence-corrected chi connectivity index (χ0v) is 13.8. The van der Waals surface area contributed by atoms with E-state index in [1.165, 1.54) is 18.2 Å². The van der Waals surface area contributed by atoms with Gasteiger partial charge in [0.1, 0.15) is 6.16 Å². The molecule has 1 amide bonds. The molecule has 0 spiro atoms. The van der Waals surface area contributed by atoms with Crippen molar-refractivity contribution in [3.8, 4) is 0 Å². The molecule has 1 aromatic carbocycles. The molecule has 0 aliphatic heterocycles. The molecule has 0 fully saturated rings. The summed E-state index contributed by atoms with van der Waals surface area (Å²) in [5.41, 5.74) is -0.0467. The van der Waals surface area contributed by atoms with E-state index in [0.29, 0.717) is 0 Å². The van der Waals surface area contributed by atoms with Crippen LogP contribution in [0.5, 0.6) is 0 Å². The first-order valence-corrected chi connectivity index (χ1v) is 7.24. The Kier molecular flexibility index (Phi) is 8.46. The van der Waals surface area contributed by atoms with E-state index in [9.17, 15) is 19.6 Å². The van der Waals surface area contributed by atoms with Crippen LogP contribution in [0.2, 0.25) is 0 Å². The van der Waals surface area contributed by atoms with Crippen LogP contribution in [0.4, 0.5) is 5.69 Å². The van der Waals surface area contributed by atoms with Crippen molar-refractivity contribution in [3.05, 3.63) is 29.8 Å². The van der Waals surface area contributed by atoms with Gasteiger partial charge in [-0.05, 0) is 12.5 Å². The van der Waals surface area contributed by atoms with Gasteiger partial charge in [-0.15, -0.1) is 0 Å². The average Bonchev–Trinajstić information content (AvgIpc) is 2.27. The maximum atomic E-state index is 11.5.